The van der Waals surface area contributed by atoms with Gasteiger partial charge in [-0.2, -0.15) is 23.4 Å². The Labute approximate surface area is 182 Å². The Kier molecular flexibility index (Phi) is 5.81. The number of rotatable bonds is 4. The van der Waals surface area contributed by atoms with Crippen LogP contribution in [0, 0.1) is 6.92 Å². The molecule has 1 amide bonds. The van der Waals surface area contributed by atoms with Gasteiger partial charge in [0.2, 0.25) is 5.88 Å². The third-order valence-electron chi connectivity index (χ3n) is 5.37. The fraction of sp³-hybridized carbons (Fsp3) is 0.381. The van der Waals surface area contributed by atoms with Gasteiger partial charge in [0.1, 0.15) is 6.10 Å². The highest BCUT2D eigenvalue weighted by Crippen LogP contribution is 2.30. The van der Waals surface area contributed by atoms with Crippen LogP contribution in [0.15, 0.2) is 42.9 Å². The first-order valence-corrected chi connectivity index (χ1v) is 10.1. The van der Waals surface area contributed by atoms with E-state index in [9.17, 15) is 18.0 Å². The van der Waals surface area contributed by atoms with Crippen LogP contribution in [-0.2, 0) is 6.18 Å². The normalized spacial score (nSPS) is 19.1. The molecule has 4 rings (SSSR count). The maximum Gasteiger partial charge on any atom is 0.417 e. The standard InChI is InChI=1S/C21H21F3N6O2/c1-13-5-7-16(19(28-13)30-26-9-10-27-30)20(31)29-11-3-4-17(14(29)2)32-18-8-6-15(12-25-18)21(22,23)24/h5-10,12,14,17H,3-4,11H2,1-2H3. The van der Waals surface area contributed by atoms with E-state index >= 15 is 0 Å². The molecule has 0 spiro atoms. The molecule has 1 saturated heterocycles. The monoisotopic (exact) mass is 446 g/mol. The van der Waals surface area contributed by atoms with Crippen molar-refractivity contribution in [1.82, 2.24) is 29.9 Å². The van der Waals surface area contributed by atoms with Crippen molar-refractivity contribution >= 4 is 5.91 Å². The number of hydrogen-bond donors (Lipinski definition) is 0. The van der Waals surface area contributed by atoms with Gasteiger partial charge in [0.05, 0.1) is 29.6 Å². The van der Waals surface area contributed by atoms with E-state index in [2.05, 4.69) is 20.2 Å². The molecule has 3 aromatic rings. The van der Waals surface area contributed by atoms with Gasteiger partial charge in [-0.25, -0.2) is 9.97 Å². The number of carbonyl (C=O) groups excluding carboxylic acids is 1. The molecule has 1 aliphatic heterocycles. The highest BCUT2D eigenvalue weighted by molar-refractivity contribution is 5.97. The van der Waals surface area contributed by atoms with Crippen LogP contribution in [0.3, 0.4) is 0 Å². The van der Waals surface area contributed by atoms with Crippen LogP contribution >= 0.6 is 0 Å². The summed E-state index contributed by atoms with van der Waals surface area (Å²) in [6.45, 7) is 4.17. The van der Waals surface area contributed by atoms with E-state index in [-0.39, 0.29) is 17.8 Å². The Morgan fingerprint density at radius 3 is 2.56 bits per heavy atom. The number of halogens is 3. The summed E-state index contributed by atoms with van der Waals surface area (Å²) in [5.74, 6) is 0.174. The lowest BCUT2D eigenvalue weighted by atomic mass is 9.99. The van der Waals surface area contributed by atoms with E-state index in [1.54, 1.807) is 17.0 Å². The first kappa shape index (κ1) is 21.7. The maximum absolute atomic E-state index is 13.4. The molecule has 1 fully saturated rings. The van der Waals surface area contributed by atoms with Crippen molar-refractivity contribution in [2.45, 2.75) is 45.0 Å². The molecule has 3 aromatic heterocycles. The molecular formula is C21H21F3N6O2. The molecule has 8 nitrogen and oxygen atoms in total. The van der Waals surface area contributed by atoms with Crippen LogP contribution in [0.25, 0.3) is 5.82 Å². The van der Waals surface area contributed by atoms with E-state index in [1.165, 1.54) is 23.3 Å². The quantitative estimate of drug-likeness (QED) is 0.610. The minimum Gasteiger partial charge on any atom is -0.472 e. The van der Waals surface area contributed by atoms with Gasteiger partial charge in [0.15, 0.2) is 5.82 Å². The van der Waals surface area contributed by atoms with E-state index in [0.717, 1.165) is 18.0 Å². The largest absolute Gasteiger partial charge is 0.472 e. The average Bonchev–Trinajstić information content (AvgIpc) is 3.29. The average molecular weight is 446 g/mol. The van der Waals surface area contributed by atoms with Crippen molar-refractivity contribution in [3.05, 3.63) is 59.7 Å². The number of amides is 1. The van der Waals surface area contributed by atoms with Crippen LogP contribution in [0.2, 0.25) is 0 Å². The number of nitrogens with zero attached hydrogens (tertiary/aromatic N) is 6. The Morgan fingerprint density at radius 2 is 1.91 bits per heavy atom. The molecule has 11 heteroatoms. The third-order valence-corrected chi connectivity index (χ3v) is 5.37. The van der Waals surface area contributed by atoms with Crippen molar-refractivity contribution in [3.8, 4) is 11.7 Å². The Morgan fingerprint density at radius 1 is 1.16 bits per heavy atom. The van der Waals surface area contributed by atoms with Crippen LogP contribution in [0.1, 0.15) is 41.4 Å². The highest BCUT2D eigenvalue weighted by Gasteiger charge is 2.35. The number of piperidine rings is 1. The molecular weight excluding hydrogens is 425 g/mol. The van der Waals surface area contributed by atoms with Gasteiger partial charge in [0.25, 0.3) is 5.91 Å². The number of carbonyl (C=O) groups is 1. The van der Waals surface area contributed by atoms with E-state index in [0.29, 0.717) is 30.8 Å². The first-order valence-electron chi connectivity index (χ1n) is 10.1. The van der Waals surface area contributed by atoms with Crippen LogP contribution in [0.4, 0.5) is 13.2 Å². The zero-order valence-corrected chi connectivity index (χ0v) is 17.5. The van der Waals surface area contributed by atoms with Gasteiger partial charge >= 0.3 is 6.18 Å². The van der Waals surface area contributed by atoms with Gasteiger partial charge in [-0.15, -0.1) is 4.80 Å². The fourth-order valence-corrected chi connectivity index (χ4v) is 3.67. The van der Waals surface area contributed by atoms with Crippen molar-refractivity contribution in [3.63, 3.8) is 0 Å². The molecule has 0 aliphatic carbocycles. The summed E-state index contributed by atoms with van der Waals surface area (Å²) in [5.41, 5.74) is 0.229. The molecule has 1 aliphatic rings. The summed E-state index contributed by atoms with van der Waals surface area (Å²) in [5, 5.41) is 8.18. The Bertz CT molecular complexity index is 1090. The SMILES string of the molecule is Cc1ccc(C(=O)N2CCCC(Oc3ccc(C(F)(F)F)cn3)C2C)c(-n2nccn2)n1. The second kappa shape index (κ2) is 8.56. The molecule has 0 saturated carbocycles. The number of pyridine rings is 2. The Hall–Kier alpha value is -3.50. The highest BCUT2D eigenvalue weighted by atomic mass is 19.4. The van der Waals surface area contributed by atoms with Crippen LogP contribution < -0.4 is 4.74 Å². The van der Waals surface area contributed by atoms with Crippen molar-refractivity contribution < 1.29 is 22.7 Å². The van der Waals surface area contributed by atoms with Crippen molar-refractivity contribution in [1.29, 1.82) is 0 Å². The molecule has 0 bridgehead atoms. The molecule has 32 heavy (non-hydrogen) atoms. The molecule has 0 aromatic carbocycles. The second-order valence-corrected chi connectivity index (χ2v) is 7.56. The predicted octanol–water partition coefficient (Wildman–Crippen LogP) is 3.46. The fourth-order valence-electron chi connectivity index (χ4n) is 3.67. The smallest absolute Gasteiger partial charge is 0.417 e. The van der Waals surface area contributed by atoms with E-state index < -0.39 is 17.8 Å². The first-order chi connectivity index (χ1) is 15.2. The zero-order chi connectivity index (χ0) is 22.9. The molecule has 2 unspecified atom stereocenters. The number of aryl methyl sites for hydroxylation is 1. The molecule has 0 radical (unpaired) electrons. The second-order valence-electron chi connectivity index (χ2n) is 7.56. The molecule has 0 N–H and O–H groups in total. The van der Waals surface area contributed by atoms with Crippen LogP contribution in [-0.4, -0.2) is 54.5 Å². The summed E-state index contributed by atoms with van der Waals surface area (Å²) >= 11 is 0. The topological polar surface area (TPSA) is 86.0 Å². The van der Waals surface area contributed by atoms with Crippen LogP contribution in [0.5, 0.6) is 5.88 Å². The van der Waals surface area contributed by atoms with Gasteiger partial charge in [-0.3, -0.25) is 4.79 Å². The number of hydrogen-bond acceptors (Lipinski definition) is 6. The number of ether oxygens (including phenoxy) is 1. The lowest BCUT2D eigenvalue weighted by Gasteiger charge is -2.39. The summed E-state index contributed by atoms with van der Waals surface area (Å²) in [4.78, 5) is 24.6. The maximum atomic E-state index is 13.4. The minimum absolute atomic E-state index is 0.0857. The number of alkyl halides is 3. The van der Waals surface area contributed by atoms with Gasteiger partial charge < -0.3 is 9.64 Å². The molecule has 4 heterocycles. The number of likely N-dealkylation sites (tertiary alicyclic amines) is 1. The lowest BCUT2D eigenvalue weighted by molar-refractivity contribution is -0.137. The summed E-state index contributed by atoms with van der Waals surface area (Å²) in [6.07, 6.45) is 0.194. The molecule has 2 atom stereocenters. The third kappa shape index (κ3) is 4.41. The van der Waals surface area contributed by atoms with Gasteiger partial charge in [-0.05, 0) is 44.9 Å². The van der Waals surface area contributed by atoms with Gasteiger partial charge in [0, 0.05) is 24.5 Å². The minimum atomic E-state index is -4.46. The van der Waals surface area contributed by atoms with Crippen molar-refractivity contribution in [2.75, 3.05) is 6.54 Å². The molecule has 168 valence electrons. The zero-order valence-electron chi connectivity index (χ0n) is 17.5. The predicted molar refractivity (Wildman–Crippen MR) is 107 cm³/mol. The summed E-state index contributed by atoms with van der Waals surface area (Å²) < 4.78 is 44.1. The summed E-state index contributed by atoms with van der Waals surface area (Å²) in [6, 6.07) is 5.23. The number of aromatic nitrogens is 5. The lowest BCUT2D eigenvalue weighted by Crippen LogP contribution is -2.51. The van der Waals surface area contributed by atoms with E-state index in [1.807, 2.05) is 13.8 Å². The van der Waals surface area contributed by atoms with Crippen molar-refractivity contribution in [2.24, 2.45) is 0 Å². The van der Waals surface area contributed by atoms with Gasteiger partial charge in [-0.1, -0.05) is 0 Å². The van der Waals surface area contributed by atoms with E-state index in [4.69, 9.17) is 4.74 Å². The summed E-state index contributed by atoms with van der Waals surface area (Å²) in [7, 11) is 0. The Balaban J connectivity index is 1.54.